The fraction of sp³-hybridized carbons (Fsp3) is 0.733. The Morgan fingerprint density at radius 1 is 1.15 bits per heavy atom. The van der Waals surface area contributed by atoms with Crippen molar-refractivity contribution in [3.8, 4) is 0 Å². The third-order valence-corrected chi connectivity index (χ3v) is 3.54. The molecule has 0 fully saturated rings. The molecule has 0 radical (unpaired) electrons. The van der Waals surface area contributed by atoms with Gasteiger partial charge >= 0.3 is 0 Å². The molecule has 20 heavy (non-hydrogen) atoms. The average molecular weight is 280 g/mol. The highest BCUT2D eigenvalue weighted by Crippen LogP contribution is 2.21. The lowest BCUT2D eigenvalue weighted by atomic mass is 10.0. The van der Waals surface area contributed by atoms with E-state index in [1.54, 1.807) is 0 Å². The highest BCUT2D eigenvalue weighted by molar-refractivity contribution is 5.57. The molecule has 0 saturated carbocycles. The minimum absolute atomic E-state index is 0.247. The van der Waals surface area contributed by atoms with Gasteiger partial charge in [0, 0.05) is 32.2 Å². The Kier molecular flexibility index (Phi) is 7.30. The van der Waals surface area contributed by atoms with Crippen molar-refractivity contribution < 1.29 is 5.11 Å². The first-order chi connectivity index (χ1) is 9.65. The minimum Gasteiger partial charge on any atom is -0.396 e. The van der Waals surface area contributed by atoms with Crippen LogP contribution in [0.1, 0.15) is 44.5 Å². The summed E-state index contributed by atoms with van der Waals surface area (Å²) in [6, 6.07) is 0. The van der Waals surface area contributed by atoms with Crippen molar-refractivity contribution in [2.75, 3.05) is 30.8 Å². The largest absolute Gasteiger partial charge is 0.396 e. The number of aromatic nitrogens is 2. The Morgan fingerprint density at radius 2 is 1.85 bits per heavy atom. The normalized spacial score (nSPS) is 12.2. The standard InChI is InChI=1S/C15H28N4O/c1-5-7-12(8-9-20)10-17-15-11(3)14(16-4)18-13(6-2)19-15/h12,20H,5-10H2,1-4H3,(H2,16,17,18,19). The number of aliphatic hydroxyl groups excluding tert-OH is 1. The van der Waals surface area contributed by atoms with Gasteiger partial charge in [-0.3, -0.25) is 0 Å². The summed E-state index contributed by atoms with van der Waals surface area (Å²) in [6.07, 6.45) is 3.91. The number of aryl methyl sites for hydroxylation is 1. The van der Waals surface area contributed by atoms with E-state index >= 15 is 0 Å². The molecule has 1 aromatic heterocycles. The number of hydrogen-bond donors (Lipinski definition) is 3. The van der Waals surface area contributed by atoms with E-state index < -0.39 is 0 Å². The number of nitrogens with one attached hydrogen (secondary N) is 2. The van der Waals surface area contributed by atoms with Crippen LogP contribution in [0.15, 0.2) is 0 Å². The zero-order valence-electron chi connectivity index (χ0n) is 13.2. The van der Waals surface area contributed by atoms with E-state index in [1.165, 1.54) is 0 Å². The van der Waals surface area contributed by atoms with Crippen LogP contribution in [0.2, 0.25) is 0 Å². The highest BCUT2D eigenvalue weighted by atomic mass is 16.3. The second-order valence-electron chi connectivity index (χ2n) is 5.11. The third-order valence-electron chi connectivity index (χ3n) is 3.54. The monoisotopic (exact) mass is 280 g/mol. The fourth-order valence-electron chi connectivity index (χ4n) is 2.32. The molecular formula is C15H28N4O. The number of rotatable bonds is 9. The first-order valence-electron chi connectivity index (χ1n) is 7.56. The van der Waals surface area contributed by atoms with Gasteiger partial charge in [-0.25, -0.2) is 9.97 Å². The maximum atomic E-state index is 9.12. The molecule has 0 bridgehead atoms. The molecule has 114 valence electrons. The van der Waals surface area contributed by atoms with E-state index in [2.05, 4.69) is 34.4 Å². The van der Waals surface area contributed by atoms with Crippen molar-refractivity contribution >= 4 is 11.6 Å². The van der Waals surface area contributed by atoms with Crippen molar-refractivity contribution in [1.82, 2.24) is 9.97 Å². The van der Waals surface area contributed by atoms with E-state index in [-0.39, 0.29) is 6.61 Å². The first kappa shape index (κ1) is 16.7. The second-order valence-corrected chi connectivity index (χ2v) is 5.11. The van der Waals surface area contributed by atoms with Crippen LogP contribution in [0.4, 0.5) is 11.6 Å². The van der Waals surface area contributed by atoms with Gasteiger partial charge in [0.15, 0.2) is 0 Å². The summed E-state index contributed by atoms with van der Waals surface area (Å²) in [5.74, 6) is 3.12. The maximum absolute atomic E-state index is 9.12. The third kappa shape index (κ3) is 4.63. The smallest absolute Gasteiger partial charge is 0.134 e. The molecule has 0 amide bonds. The first-order valence-corrected chi connectivity index (χ1v) is 7.56. The SMILES string of the molecule is CCCC(CCO)CNc1nc(CC)nc(NC)c1C. The Labute approximate surface area is 122 Å². The van der Waals surface area contributed by atoms with Crippen LogP contribution in [-0.4, -0.2) is 35.3 Å². The lowest BCUT2D eigenvalue weighted by Crippen LogP contribution is -2.18. The van der Waals surface area contributed by atoms with Crippen molar-refractivity contribution in [1.29, 1.82) is 0 Å². The maximum Gasteiger partial charge on any atom is 0.134 e. The predicted octanol–water partition coefficient (Wildman–Crippen LogP) is 2.60. The summed E-state index contributed by atoms with van der Waals surface area (Å²) in [5, 5.41) is 15.7. The highest BCUT2D eigenvalue weighted by Gasteiger charge is 2.12. The van der Waals surface area contributed by atoms with Crippen molar-refractivity contribution in [3.05, 3.63) is 11.4 Å². The lowest BCUT2D eigenvalue weighted by Gasteiger charge is -2.18. The lowest BCUT2D eigenvalue weighted by molar-refractivity contribution is 0.255. The number of hydrogen-bond acceptors (Lipinski definition) is 5. The van der Waals surface area contributed by atoms with E-state index in [4.69, 9.17) is 5.11 Å². The van der Waals surface area contributed by atoms with Gasteiger partial charge in [0.2, 0.25) is 0 Å². The van der Waals surface area contributed by atoms with Gasteiger partial charge in [-0.2, -0.15) is 0 Å². The van der Waals surface area contributed by atoms with Crippen LogP contribution in [0.25, 0.3) is 0 Å². The van der Waals surface area contributed by atoms with Gasteiger partial charge in [0.25, 0.3) is 0 Å². The van der Waals surface area contributed by atoms with Crippen molar-refractivity contribution in [2.24, 2.45) is 5.92 Å². The second kappa shape index (κ2) is 8.74. The van der Waals surface area contributed by atoms with Gasteiger partial charge in [-0.1, -0.05) is 20.3 Å². The molecule has 0 aromatic carbocycles. The molecule has 1 atom stereocenters. The van der Waals surface area contributed by atoms with Gasteiger partial charge in [-0.15, -0.1) is 0 Å². The molecule has 0 aliphatic heterocycles. The summed E-state index contributed by atoms with van der Waals surface area (Å²) in [7, 11) is 1.88. The van der Waals surface area contributed by atoms with Gasteiger partial charge < -0.3 is 15.7 Å². The van der Waals surface area contributed by atoms with Gasteiger partial charge in [0.05, 0.1) is 0 Å². The molecular weight excluding hydrogens is 252 g/mol. The van der Waals surface area contributed by atoms with Crippen LogP contribution < -0.4 is 10.6 Å². The van der Waals surface area contributed by atoms with E-state index in [0.717, 1.165) is 55.3 Å². The molecule has 0 aliphatic rings. The summed E-state index contributed by atoms with van der Waals surface area (Å²) >= 11 is 0. The molecule has 5 nitrogen and oxygen atoms in total. The van der Waals surface area contributed by atoms with Crippen LogP contribution >= 0.6 is 0 Å². The average Bonchev–Trinajstić information content (AvgIpc) is 2.46. The van der Waals surface area contributed by atoms with Crippen LogP contribution in [0.3, 0.4) is 0 Å². The van der Waals surface area contributed by atoms with Crippen LogP contribution in [0, 0.1) is 12.8 Å². The summed E-state index contributed by atoms with van der Waals surface area (Å²) in [6.45, 7) is 7.35. The van der Waals surface area contributed by atoms with Crippen LogP contribution in [-0.2, 0) is 6.42 Å². The molecule has 1 rings (SSSR count). The van der Waals surface area contributed by atoms with E-state index in [1.807, 2.05) is 14.0 Å². The van der Waals surface area contributed by atoms with Crippen molar-refractivity contribution in [2.45, 2.75) is 46.5 Å². The Hall–Kier alpha value is -1.36. The Balaban J connectivity index is 2.79. The molecule has 0 spiro atoms. The molecule has 1 unspecified atom stereocenters. The zero-order chi connectivity index (χ0) is 15.0. The van der Waals surface area contributed by atoms with E-state index in [0.29, 0.717) is 5.92 Å². The number of aliphatic hydroxyl groups is 1. The molecule has 3 N–H and O–H groups in total. The van der Waals surface area contributed by atoms with Crippen molar-refractivity contribution in [3.63, 3.8) is 0 Å². The van der Waals surface area contributed by atoms with Crippen LogP contribution in [0.5, 0.6) is 0 Å². The topological polar surface area (TPSA) is 70.1 Å². The summed E-state index contributed by atoms with van der Waals surface area (Å²) in [4.78, 5) is 9.03. The molecule has 1 aromatic rings. The van der Waals surface area contributed by atoms with Gasteiger partial charge in [0.1, 0.15) is 17.5 Å². The number of nitrogens with zero attached hydrogens (tertiary/aromatic N) is 2. The zero-order valence-corrected chi connectivity index (χ0v) is 13.2. The van der Waals surface area contributed by atoms with E-state index in [9.17, 15) is 0 Å². The number of anilines is 2. The Morgan fingerprint density at radius 3 is 2.40 bits per heavy atom. The summed E-state index contributed by atoms with van der Waals surface area (Å²) in [5.41, 5.74) is 1.05. The Bertz CT molecular complexity index is 403. The molecule has 1 heterocycles. The minimum atomic E-state index is 0.247. The van der Waals surface area contributed by atoms with Gasteiger partial charge in [-0.05, 0) is 25.7 Å². The quantitative estimate of drug-likeness (QED) is 0.648. The fourth-order valence-corrected chi connectivity index (χ4v) is 2.32. The molecule has 0 aliphatic carbocycles. The molecule has 0 saturated heterocycles. The molecule has 5 heteroatoms. The predicted molar refractivity (Wildman–Crippen MR) is 84.3 cm³/mol. The summed E-state index contributed by atoms with van der Waals surface area (Å²) < 4.78 is 0.